The molecule has 104 valence electrons. The van der Waals surface area contributed by atoms with Gasteiger partial charge in [0.15, 0.2) is 0 Å². The van der Waals surface area contributed by atoms with Gasteiger partial charge < -0.3 is 16.3 Å². The standard InChI is InChI=1S/C13H18BrN3O2/c1-9-5-6-11(14)10(8-9)13(18)16-7-3-2-4-12(15)17-19/h5-6,8,19H,2-4,7H2,1H3,(H2,15,17)(H,16,18). The second-order valence-electron chi connectivity index (χ2n) is 4.29. The average molecular weight is 328 g/mol. The van der Waals surface area contributed by atoms with Crippen molar-refractivity contribution in [3.8, 4) is 0 Å². The van der Waals surface area contributed by atoms with E-state index in [0.29, 0.717) is 18.5 Å². The molecule has 0 bridgehead atoms. The quantitative estimate of drug-likeness (QED) is 0.246. The molecule has 0 aromatic heterocycles. The number of hydrogen-bond acceptors (Lipinski definition) is 3. The summed E-state index contributed by atoms with van der Waals surface area (Å²) >= 11 is 3.36. The SMILES string of the molecule is Cc1ccc(Br)c(C(=O)NCCCC/C(N)=N/O)c1. The molecule has 0 aliphatic rings. The molecule has 0 atom stereocenters. The summed E-state index contributed by atoms with van der Waals surface area (Å²) in [6.45, 7) is 2.51. The van der Waals surface area contributed by atoms with Crippen molar-refractivity contribution in [1.82, 2.24) is 5.32 Å². The van der Waals surface area contributed by atoms with Crippen LogP contribution in [-0.4, -0.2) is 23.5 Å². The van der Waals surface area contributed by atoms with Crippen molar-refractivity contribution in [2.75, 3.05) is 6.54 Å². The van der Waals surface area contributed by atoms with Crippen LogP contribution in [0, 0.1) is 6.92 Å². The summed E-state index contributed by atoms with van der Waals surface area (Å²) < 4.78 is 0.784. The number of hydrogen-bond donors (Lipinski definition) is 3. The molecule has 0 aliphatic heterocycles. The third kappa shape index (κ3) is 5.30. The summed E-state index contributed by atoms with van der Waals surface area (Å²) in [5, 5.41) is 14.1. The van der Waals surface area contributed by atoms with Crippen molar-refractivity contribution >= 4 is 27.7 Å². The summed E-state index contributed by atoms with van der Waals surface area (Å²) in [5.74, 6) is 0.118. The lowest BCUT2D eigenvalue weighted by Gasteiger charge is -2.07. The van der Waals surface area contributed by atoms with Crippen LogP contribution in [0.3, 0.4) is 0 Å². The van der Waals surface area contributed by atoms with E-state index >= 15 is 0 Å². The monoisotopic (exact) mass is 327 g/mol. The van der Waals surface area contributed by atoms with Crippen LogP contribution in [0.15, 0.2) is 27.8 Å². The fourth-order valence-corrected chi connectivity index (χ4v) is 2.02. The van der Waals surface area contributed by atoms with E-state index in [9.17, 15) is 4.79 Å². The molecule has 0 radical (unpaired) electrons. The predicted molar refractivity (Wildman–Crippen MR) is 78.5 cm³/mol. The second-order valence-corrected chi connectivity index (χ2v) is 5.14. The van der Waals surface area contributed by atoms with Crippen molar-refractivity contribution in [1.29, 1.82) is 0 Å². The number of rotatable bonds is 6. The van der Waals surface area contributed by atoms with E-state index in [1.54, 1.807) is 0 Å². The number of unbranched alkanes of at least 4 members (excludes halogenated alkanes) is 1. The molecule has 0 saturated carbocycles. The number of nitrogens with one attached hydrogen (secondary N) is 1. The number of amidine groups is 1. The molecule has 1 aromatic rings. The van der Waals surface area contributed by atoms with Gasteiger partial charge in [-0.25, -0.2) is 0 Å². The number of aryl methyl sites for hydroxylation is 1. The number of halogens is 1. The normalized spacial score (nSPS) is 11.4. The van der Waals surface area contributed by atoms with Gasteiger partial charge in [0, 0.05) is 17.4 Å². The van der Waals surface area contributed by atoms with Crippen LogP contribution < -0.4 is 11.1 Å². The minimum atomic E-state index is -0.0978. The molecule has 0 unspecified atom stereocenters. The molecule has 4 N–H and O–H groups in total. The van der Waals surface area contributed by atoms with Gasteiger partial charge in [-0.3, -0.25) is 4.79 Å². The van der Waals surface area contributed by atoms with Gasteiger partial charge >= 0.3 is 0 Å². The summed E-state index contributed by atoms with van der Waals surface area (Å²) in [5.41, 5.74) is 7.03. The zero-order valence-corrected chi connectivity index (χ0v) is 12.4. The van der Waals surface area contributed by atoms with Gasteiger partial charge in [-0.1, -0.05) is 16.8 Å². The Morgan fingerprint density at radius 3 is 2.89 bits per heavy atom. The highest BCUT2D eigenvalue weighted by molar-refractivity contribution is 9.10. The maximum Gasteiger partial charge on any atom is 0.252 e. The zero-order chi connectivity index (χ0) is 14.3. The molecule has 1 aromatic carbocycles. The van der Waals surface area contributed by atoms with Gasteiger partial charge in [-0.2, -0.15) is 0 Å². The fourth-order valence-electron chi connectivity index (χ4n) is 1.59. The zero-order valence-electron chi connectivity index (χ0n) is 10.8. The Labute approximate surface area is 121 Å². The fraction of sp³-hybridized carbons (Fsp3) is 0.385. The summed E-state index contributed by atoms with van der Waals surface area (Å²) in [6.07, 6.45) is 2.08. The molecule has 1 amide bonds. The number of nitrogens with zero attached hydrogens (tertiary/aromatic N) is 1. The van der Waals surface area contributed by atoms with Crippen molar-refractivity contribution in [3.63, 3.8) is 0 Å². The lowest BCUT2D eigenvalue weighted by Crippen LogP contribution is -2.25. The Bertz CT molecular complexity index is 475. The summed E-state index contributed by atoms with van der Waals surface area (Å²) in [6, 6.07) is 5.65. The number of carbonyl (C=O) groups excluding carboxylic acids is 1. The second kappa shape index (κ2) is 7.78. The number of amides is 1. The lowest BCUT2D eigenvalue weighted by molar-refractivity contribution is 0.0952. The van der Waals surface area contributed by atoms with Crippen molar-refractivity contribution in [2.45, 2.75) is 26.2 Å². The maximum absolute atomic E-state index is 11.9. The highest BCUT2D eigenvalue weighted by Gasteiger charge is 2.09. The Balaban J connectivity index is 2.37. The van der Waals surface area contributed by atoms with Crippen molar-refractivity contribution in [3.05, 3.63) is 33.8 Å². The molecule has 0 spiro atoms. The van der Waals surface area contributed by atoms with Crippen molar-refractivity contribution in [2.24, 2.45) is 10.9 Å². The van der Waals surface area contributed by atoms with E-state index < -0.39 is 0 Å². The third-order valence-corrected chi connectivity index (χ3v) is 3.33. The van der Waals surface area contributed by atoms with Gasteiger partial charge in [0.05, 0.1) is 5.56 Å². The van der Waals surface area contributed by atoms with E-state index in [1.807, 2.05) is 25.1 Å². The van der Waals surface area contributed by atoms with Gasteiger partial charge in [-0.15, -0.1) is 0 Å². The molecule has 0 aliphatic carbocycles. The van der Waals surface area contributed by atoms with E-state index in [-0.39, 0.29) is 11.7 Å². The molecule has 0 saturated heterocycles. The van der Waals surface area contributed by atoms with Crippen molar-refractivity contribution < 1.29 is 10.0 Å². The topological polar surface area (TPSA) is 87.7 Å². The molecule has 6 heteroatoms. The average Bonchev–Trinajstić information content (AvgIpc) is 2.40. The molecule has 0 fully saturated rings. The highest BCUT2D eigenvalue weighted by atomic mass is 79.9. The first kappa shape index (κ1) is 15.5. The third-order valence-electron chi connectivity index (χ3n) is 2.64. The van der Waals surface area contributed by atoms with Crippen LogP contribution in [0.2, 0.25) is 0 Å². The first-order chi connectivity index (χ1) is 9.04. The van der Waals surface area contributed by atoms with Gasteiger partial charge in [0.25, 0.3) is 5.91 Å². The minimum Gasteiger partial charge on any atom is -0.409 e. The van der Waals surface area contributed by atoms with Crippen LogP contribution >= 0.6 is 15.9 Å². The van der Waals surface area contributed by atoms with E-state index in [4.69, 9.17) is 10.9 Å². The largest absolute Gasteiger partial charge is 0.409 e. The minimum absolute atomic E-state index is 0.0978. The Hall–Kier alpha value is -1.56. The van der Waals surface area contributed by atoms with E-state index in [1.165, 1.54) is 0 Å². The Morgan fingerprint density at radius 2 is 2.21 bits per heavy atom. The number of nitrogens with two attached hydrogens (primary N) is 1. The van der Waals surface area contributed by atoms with Gasteiger partial charge in [0.1, 0.15) is 5.84 Å². The highest BCUT2D eigenvalue weighted by Crippen LogP contribution is 2.17. The smallest absolute Gasteiger partial charge is 0.252 e. The first-order valence-electron chi connectivity index (χ1n) is 6.05. The van der Waals surface area contributed by atoms with E-state index in [0.717, 1.165) is 22.9 Å². The predicted octanol–water partition coefficient (Wildman–Crippen LogP) is 2.40. The van der Waals surface area contributed by atoms with Crippen LogP contribution in [-0.2, 0) is 0 Å². The molecule has 5 nitrogen and oxygen atoms in total. The van der Waals surface area contributed by atoms with Crippen LogP contribution in [0.1, 0.15) is 35.2 Å². The molecule has 1 rings (SSSR count). The van der Waals surface area contributed by atoms with Gasteiger partial charge in [-0.05, 0) is 47.8 Å². The number of benzene rings is 1. The summed E-state index contributed by atoms with van der Waals surface area (Å²) in [4.78, 5) is 11.9. The van der Waals surface area contributed by atoms with Gasteiger partial charge in [0.2, 0.25) is 0 Å². The van der Waals surface area contributed by atoms with Crippen LogP contribution in [0.5, 0.6) is 0 Å². The molecule has 0 heterocycles. The first-order valence-corrected chi connectivity index (χ1v) is 6.84. The molecule has 19 heavy (non-hydrogen) atoms. The maximum atomic E-state index is 11.9. The Kier molecular flexibility index (Phi) is 6.35. The lowest BCUT2D eigenvalue weighted by atomic mass is 10.1. The van der Waals surface area contributed by atoms with Crippen LogP contribution in [0.4, 0.5) is 0 Å². The Morgan fingerprint density at radius 1 is 1.47 bits per heavy atom. The molecular weight excluding hydrogens is 310 g/mol. The summed E-state index contributed by atoms with van der Waals surface area (Å²) in [7, 11) is 0. The number of carbonyl (C=O) groups is 1. The van der Waals surface area contributed by atoms with Crippen LogP contribution in [0.25, 0.3) is 0 Å². The molecular formula is C13H18BrN3O2. The van der Waals surface area contributed by atoms with E-state index in [2.05, 4.69) is 26.4 Å². The number of oxime groups is 1.